The van der Waals surface area contributed by atoms with Crippen LogP contribution in [-0.4, -0.2) is 40.9 Å². The lowest BCUT2D eigenvalue weighted by Gasteiger charge is -2.44. The van der Waals surface area contributed by atoms with Crippen molar-refractivity contribution in [3.8, 4) is 11.8 Å². The highest BCUT2D eigenvalue weighted by Crippen LogP contribution is 2.45. The molecule has 1 amide bonds. The quantitative estimate of drug-likeness (QED) is 0.752. The van der Waals surface area contributed by atoms with Crippen LogP contribution in [0.2, 0.25) is 0 Å². The molecule has 0 spiro atoms. The van der Waals surface area contributed by atoms with Gasteiger partial charge >= 0.3 is 0 Å². The number of ether oxygens (including phenoxy) is 1. The Morgan fingerprint density at radius 2 is 2.04 bits per heavy atom. The summed E-state index contributed by atoms with van der Waals surface area (Å²) in [6, 6.07) is 10.8. The highest BCUT2D eigenvalue weighted by Gasteiger charge is 2.40. The van der Waals surface area contributed by atoms with E-state index >= 15 is 0 Å². The third-order valence-corrected chi connectivity index (χ3v) is 7.17. The van der Waals surface area contributed by atoms with Crippen molar-refractivity contribution in [3.05, 3.63) is 40.4 Å². The van der Waals surface area contributed by atoms with Gasteiger partial charge in [-0.15, -0.1) is 0 Å². The molecule has 0 bridgehead atoms. The topological polar surface area (TPSA) is 56.6 Å². The number of benzene rings is 1. The fourth-order valence-electron chi connectivity index (χ4n) is 4.57. The largest absolute Gasteiger partial charge is 0.494 e. The summed E-state index contributed by atoms with van der Waals surface area (Å²) in [5.74, 6) is 1.52. The number of fused-ring (bicyclic) bond motifs is 1. The molecule has 1 atom stereocenters. The van der Waals surface area contributed by atoms with Gasteiger partial charge in [0.25, 0.3) is 0 Å². The molecule has 5 nitrogen and oxygen atoms in total. The molecule has 2 fully saturated rings. The average molecular weight is 398 g/mol. The number of thioether (sulfide) groups is 1. The average Bonchev–Trinajstić information content (AvgIpc) is 2.75. The zero-order valence-corrected chi connectivity index (χ0v) is 17.2. The van der Waals surface area contributed by atoms with Crippen molar-refractivity contribution < 1.29 is 9.53 Å². The maximum absolute atomic E-state index is 13.1. The normalized spacial score (nSPS) is 24.1. The van der Waals surface area contributed by atoms with Crippen LogP contribution in [0.5, 0.6) is 5.75 Å². The molecule has 1 aromatic carbocycles. The van der Waals surface area contributed by atoms with Crippen molar-refractivity contribution in [1.29, 1.82) is 5.26 Å². The van der Waals surface area contributed by atoms with E-state index in [0.717, 1.165) is 22.2 Å². The Balaban J connectivity index is 1.63. The summed E-state index contributed by atoms with van der Waals surface area (Å²) < 4.78 is 5.78. The SMILES string of the molecule is CCOc1ccccc1[C@H]1CC(=O)N2CN(C3CCCCC3)CSC2=C1C#N. The molecule has 148 valence electrons. The lowest BCUT2D eigenvalue weighted by Crippen LogP contribution is -2.51. The molecule has 1 aromatic rings. The first kappa shape index (κ1) is 19.4. The highest BCUT2D eigenvalue weighted by atomic mass is 32.2. The summed E-state index contributed by atoms with van der Waals surface area (Å²) in [6.45, 7) is 3.13. The fraction of sp³-hybridized carbons (Fsp3) is 0.545. The predicted octanol–water partition coefficient (Wildman–Crippen LogP) is 4.43. The van der Waals surface area contributed by atoms with E-state index in [2.05, 4.69) is 11.0 Å². The Hall–Kier alpha value is -1.97. The standard InChI is InChI=1S/C22H27N3O2S/c1-2-27-20-11-7-6-10-17(20)18-12-21(26)25-14-24(16-8-4-3-5-9-16)15-28-22(25)19(18)13-23/h6-7,10-11,16,18H,2-5,8-9,12,14-15H2,1H3/t18-/m1/s1. The second kappa shape index (κ2) is 8.59. The molecule has 3 aliphatic rings. The number of carbonyl (C=O) groups excluding carboxylic acids is 1. The van der Waals surface area contributed by atoms with Crippen LogP contribution >= 0.6 is 11.8 Å². The van der Waals surface area contributed by atoms with Crippen LogP contribution in [0.25, 0.3) is 0 Å². The minimum atomic E-state index is -0.222. The maximum Gasteiger partial charge on any atom is 0.229 e. The van der Waals surface area contributed by atoms with Gasteiger partial charge in [0.15, 0.2) is 0 Å². The zero-order chi connectivity index (χ0) is 19.5. The van der Waals surface area contributed by atoms with Crippen LogP contribution in [0.3, 0.4) is 0 Å². The van der Waals surface area contributed by atoms with Gasteiger partial charge in [-0.2, -0.15) is 5.26 Å². The molecule has 0 unspecified atom stereocenters. The third-order valence-electron chi connectivity index (χ3n) is 6.00. The van der Waals surface area contributed by atoms with E-state index in [1.165, 1.54) is 32.1 Å². The van der Waals surface area contributed by atoms with Crippen LogP contribution in [0.4, 0.5) is 0 Å². The first-order valence-corrected chi connectivity index (χ1v) is 11.2. The molecule has 1 saturated heterocycles. The lowest BCUT2D eigenvalue weighted by molar-refractivity contribution is -0.132. The van der Waals surface area contributed by atoms with Gasteiger partial charge in [0.1, 0.15) is 5.75 Å². The van der Waals surface area contributed by atoms with Crippen LogP contribution in [0.15, 0.2) is 34.9 Å². The van der Waals surface area contributed by atoms with E-state index in [4.69, 9.17) is 4.74 Å². The Morgan fingerprint density at radius 1 is 1.25 bits per heavy atom. The summed E-state index contributed by atoms with van der Waals surface area (Å²) in [7, 11) is 0. The second-order valence-electron chi connectivity index (χ2n) is 7.68. The van der Waals surface area contributed by atoms with E-state index in [0.29, 0.717) is 31.3 Å². The van der Waals surface area contributed by atoms with E-state index in [1.54, 1.807) is 11.8 Å². The second-order valence-corrected chi connectivity index (χ2v) is 8.61. The first-order chi connectivity index (χ1) is 13.7. The van der Waals surface area contributed by atoms with Crippen molar-refractivity contribution >= 4 is 17.7 Å². The van der Waals surface area contributed by atoms with Gasteiger partial charge in [0, 0.05) is 23.9 Å². The van der Waals surface area contributed by atoms with Gasteiger partial charge < -0.3 is 4.74 Å². The number of allylic oxidation sites excluding steroid dienone is 1. The number of nitrogens with zero attached hydrogens (tertiary/aromatic N) is 3. The molecule has 4 rings (SSSR count). The van der Waals surface area contributed by atoms with Crippen LogP contribution in [0, 0.1) is 11.3 Å². The number of hydrogen-bond donors (Lipinski definition) is 0. The Morgan fingerprint density at radius 3 is 2.79 bits per heavy atom. The molecule has 0 radical (unpaired) electrons. The van der Waals surface area contributed by atoms with E-state index in [-0.39, 0.29) is 11.8 Å². The van der Waals surface area contributed by atoms with Crippen LogP contribution in [-0.2, 0) is 4.79 Å². The van der Waals surface area contributed by atoms with Crippen LogP contribution in [0.1, 0.15) is 56.9 Å². The highest BCUT2D eigenvalue weighted by molar-refractivity contribution is 8.03. The zero-order valence-electron chi connectivity index (χ0n) is 16.4. The van der Waals surface area contributed by atoms with Crippen molar-refractivity contribution in [2.24, 2.45) is 0 Å². The Labute approximate surface area is 171 Å². The summed E-state index contributed by atoms with van der Waals surface area (Å²) >= 11 is 1.65. The van der Waals surface area contributed by atoms with Gasteiger partial charge in [-0.3, -0.25) is 14.6 Å². The summed E-state index contributed by atoms with van der Waals surface area (Å²) in [5, 5.41) is 10.8. The Kier molecular flexibility index (Phi) is 5.93. The smallest absolute Gasteiger partial charge is 0.229 e. The predicted molar refractivity (Wildman–Crippen MR) is 110 cm³/mol. The molecule has 1 saturated carbocycles. The first-order valence-electron chi connectivity index (χ1n) is 10.3. The van der Waals surface area contributed by atoms with Gasteiger partial charge in [-0.1, -0.05) is 49.2 Å². The summed E-state index contributed by atoms with van der Waals surface area (Å²) in [4.78, 5) is 17.3. The summed E-state index contributed by atoms with van der Waals surface area (Å²) in [5.41, 5.74) is 1.65. The molecule has 0 aromatic heterocycles. The van der Waals surface area contributed by atoms with Gasteiger partial charge in [-0.25, -0.2) is 0 Å². The van der Waals surface area contributed by atoms with Gasteiger partial charge in [0.2, 0.25) is 5.91 Å². The number of nitriles is 1. The minimum Gasteiger partial charge on any atom is -0.494 e. The Bertz CT molecular complexity index is 810. The van der Waals surface area contributed by atoms with Crippen molar-refractivity contribution in [2.45, 2.75) is 57.4 Å². The fourth-order valence-corrected chi connectivity index (χ4v) is 5.81. The number of amides is 1. The third kappa shape index (κ3) is 3.66. The van der Waals surface area contributed by atoms with Gasteiger partial charge in [0.05, 0.1) is 35.8 Å². The molecular formula is C22H27N3O2S. The van der Waals surface area contributed by atoms with Crippen molar-refractivity contribution in [2.75, 3.05) is 19.2 Å². The number of carbonyl (C=O) groups is 1. The van der Waals surface area contributed by atoms with Gasteiger partial charge in [-0.05, 0) is 25.8 Å². The number of para-hydroxylation sites is 1. The van der Waals surface area contributed by atoms with E-state index in [1.807, 2.05) is 36.1 Å². The molecule has 0 N–H and O–H groups in total. The monoisotopic (exact) mass is 397 g/mol. The van der Waals surface area contributed by atoms with E-state index < -0.39 is 0 Å². The summed E-state index contributed by atoms with van der Waals surface area (Å²) in [6.07, 6.45) is 6.65. The van der Waals surface area contributed by atoms with Crippen molar-refractivity contribution in [3.63, 3.8) is 0 Å². The minimum absolute atomic E-state index is 0.110. The molecule has 28 heavy (non-hydrogen) atoms. The number of rotatable bonds is 4. The van der Waals surface area contributed by atoms with Crippen molar-refractivity contribution in [1.82, 2.24) is 9.80 Å². The maximum atomic E-state index is 13.1. The molecule has 2 heterocycles. The molecule has 2 aliphatic heterocycles. The number of hydrogen-bond acceptors (Lipinski definition) is 5. The molecule has 6 heteroatoms. The van der Waals surface area contributed by atoms with E-state index in [9.17, 15) is 10.1 Å². The molecular weight excluding hydrogens is 370 g/mol. The van der Waals surface area contributed by atoms with Crippen LogP contribution < -0.4 is 4.74 Å². The molecule has 1 aliphatic carbocycles. The lowest BCUT2D eigenvalue weighted by atomic mass is 9.86.